The Balaban J connectivity index is 1.90. The third-order valence-electron chi connectivity index (χ3n) is 5.06. The Morgan fingerprint density at radius 1 is 1.19 bits per heavy atom. The molecule has 1 aromatic rings. The van der Waals surface area contributed by atoms with Crippen LogP contribution in [0.15, 0.2) is 24.3 Å². The van der Waals surface area contributed by atoms with Crippen LogP contribution in [-0.2, 0) is 31.0 Å². The molecular weight excluding hydrogens is 424 g/mol. The molecule has 1 heterocycles. The molecule has 1 saturated heterocycles. The van der Waals surface area contributed by atoms with Gasteiger partial charge in [-0.2, -0.15) is 4.31 Å². The summed E-state index contributed by atoms with van der Waals surface area (Å²) in [4.78, 5) is 38.3. The molecule has 1 aromatic carbocycles. The summed E-state index contributed by atoms with van der Waals surface area (Å²) in [5.41, 5.74) is -0.561. The monoisotopic (exact) mass is 454 g/mol. The normalized spacial score (nSPS) is 19.9. The quantitative estimate of drug-likeness (QED) is 0.556. The summed E-state index contributed by atoms with van der Waals surface area (Å²) in [5.74, 6) is -0.783. The SMILES string of the molecule is CC(C)Oc1ccc(CNC(=O)CNC(=O)[C@]2(C)CN(S(C)(=O)=O)CC(=O)N2C)cc1. The van der Waals surface area contributed by atoms with Crippen LogP contribution in [0.5, 0.6) is 5.75 Å². The number of rotatable bonds is 8. The Morgan fingerprint density at radius 3 is 2.35 bits per heavy atom. The summed E-state index contributed by atoms with van der Waals surface area (Å²) < 4.78 is 30.2. The second-order valence-corrected chi connectivity index (χ2v) is 10.0. The van der Waals surface area contributed by atoms with Crippen molar-refractivity contribution in [3.63, 3.8) is 0 Å². The summed E-state index contributed by atoms with van der Waals surface area (Å²) in [6.45, 7) is 4.80. The second-order valence-electron chi connectivity index (χ2n) is 8.03. The number of sulfonamides is 1. The molecule has 0 aromatic heterocycles. The highest BCUT2D eigenvalue weighted by atomic mass is 32.2. The van der Waals surface area contributed by atoms with Crippen molar-refractivity contribution in [1.29, 1.82) is 0 Å². The molecule has 31 heavy (non-hydrogen) atoms. The Kier molecular flexibility index (Phi) is 7.66. The van der Waals surface area contributed by atoms with Gasteiger partial charge in [-0.25, -0.2) is 8.42 Å². The molecule has 1 atom stereocenters. The first kappa shape index (κ1) is 24.6. The lowest BCUT2D eigenvalue weighted by Gasteiger charge is -2.44. The minimum absolute atomic E-state index is 0.0686. The first-order valence-electron chi connectivity index (χ1n) is 9.85. The predicted molar refractivity (Wildman–Crippen MR) is 115 cm³/mol. The molecule has 2 rings (SSSR count). The summed E-state index contributed by atoms with van der Waals surface area (Å²) in [7, 11) is -2.21. The van der Waals surface area contributed by atoms with Gasteiger partial charge in [-0.15, -0.1) is 0 Å². The Hall–Kier alpha value is -2.66. The third kappa shape index (κ3) is 6.41. The summed E-state index contributed by atoms with van der Waals surface area (Å²) >= 11 is 0. The zero-order chi connectivity index (χ0) is 23.4. The van der Waals surface area contributed by atoms with E-state index in [1.807, 2.05) is 38.1 Å². The van der Waals surface area contributed by atoms with Gasteiger partial charge >= 0.3 is 0 Å². The van der Waals surface area contributed by atoms with E-state index in [1.165, 1.54) is 18.9 Å². The van der Waals surface area contributed by atoms with Gasteiger partial charge in [0.2, 0.25) is 27.7 Å². The van der Waals surface area contributed by atoms with Gasteiger partial charge in [0.25, 0.3) is 0 Å². The Bertz CT molecular complexity index is 931. The van der Waals surface area contributed by atoms with Crippen LogP contribution >= 0.6 is 0 Å². The maximum Gasteiger partial charge on any atom is 0.247 e. The van der Waals surface area contributed by atoms with E-state index in [0.29, 0.717) is 0 Å². The van der Waals surface area contributed by atoms with Crippen molar-refractivity contribution in [2.75, 3.05) is 32.9 Å². The van der Waals surface area contributed by atoms with Crippen LogP contribution in [0.3, 0.4) is 0 Å². The second kappa shape index (κ2) is 9.65. The molecule has 1 fully saturated rings. The van der Waals surface area contributed by atoms with E-state index < -0.39 is 33.3 Å². The van der Waals surface area contributed by atoms with Crippen molar-refractivity contribution in [2.45, 2.75) is 39.0 Å². The van der Waals surface area contributed by atoms with E-state index in [0.717, 1.165) is 21.9 Å². The van der Waals surface area contributed by atoms with Crippen LogP contribution in [0, 0.1) is 0 Å². The number of hydrogen-bond donors (Lipinski definition) is 2. The van der Waals surface area contributed by atoms with E-state index in [-0.39, 0.29) is 32.3 Å². The van der Waals surface area contributed by atoms with Crippen LogP contribution in [-0.4, -0.2) is 79.9 Å². The summed E-state index contributed by atoms with van der Waals surface area (Å²) in [6.07, 6.45) is 1.05. The number of nitrogens with zero attached hydrogens (tertiary/aromatic N) is 2. The largest absolute Gasteiger partial charge is 0.491 e. The number of carbonyl (C=O) groups excluding carboxylic acids is 3. The van der Waals surface area contributed by atoms with Gasteiger partial charge in [0, 0.05) is 20.1 Å². The molecule has 0 radical (unpaired) electrons. The van der Waals surface area contributed by atoms with E-state index in [4.69, 9.17) is 4.74 Å². The van der Waals surface area contributed by atoms with E-state index in [2.05, 4.69) is 10.6 Å². The van der Waals surface area contributed by atoms with Crippen molar-refractivity contribution < 1.29 is 27.5 Å². The fourth-order valence-corrected chi connectivity index (χ4v) is 3.90. The van der Waals surface area contributed by atoms with E-state index in [1.54, 1.807) is 0 Å². The number of nitrogens with one attached hydrogen (secondary N) is 2. The number of amides is 3. The highest BCUT2D eigenvalue weighted by Gasteiger charge is 2.47. The van der Waals surface area contributed by atoms with Crippen LogP contribution in [0.25, 0.3) is 0 Å². The topological polar surface area (TPSA) is 125 Å². The van der Waals surface area contributed by atoms with Gasteiger partial charge in [-0.1, -0.05) is 12.1 Å². The van der Waals surface area contributed by atoms with E-state index >= 15 is 0 Å². The van der Waals surface area contributed by atoms with E-state index in [9.17, 15) is 22.8 Å². The van der Waals surface area contributed by atoms with Gasteiger partial charge in [0.15, 0.2) is 0 Å². The van der Waals surface area contributed by atoms with Gasteiger partial charge < -0.3 is 20.3 Å². The van der Waals surface area contributed by atoms with Crippen molar-refractivity contribution in [3.05, 3.63) is 29.8 Å². The minimum Gasteiger partial charge on any atom is -0.491 e. The molecule has 10 nitrogen and oxygen atoms in total. The minimum atomic E-state index is -3.65. The fourth-order valence-electron chi connectivity index (χ4n) is 3.07. The lowest BCUT2D eigenvalue weighted by atomic mass is 9.96. The molecule has 0 bridgehead atoms. The van der Waals surface area contributed by atoms with Crippen molar-refractivity contribution >= 4 is 27.7 Å². The molecule has 2 N–H and O–H groups in total. The molecule has 0 unspecified atom stereocenters. The van der Waals surface area contributed by atoms with Crippen molar-refractivity contribution in [1.82, 2.24) is 19.8 Å². The van der Waals surface area contributed by atoms with Crippen LogP contribution in [0.2, 0.25) is 0 Å². The molecule has 172 valence electrons. The van der Waals surface area contributed by atoms with Crippen LogP contribution in [0.4, 0.5) is 0 Å². The lowest BCUT2D eigenvalue weighted by Crippen LogP contribution is -2.68. The molecule has 1 aliphatic rings. The molecule has 0 spiro atoms. The Labute approximate surface area is 183 Å². The molecule has 0 aliphatic carbocycles. The number of carbonyl (C=O) groups is 3. The van der Waals surface area contributed by atoms with Crippen molar-refractivity contribution in [2.24, 2.45) is 0 Å². The first-order chi connectivity index (χ1) is 14.3. The van der Waals surface area contributed by atoms with Crippen LogP contribution in [0.1, 0.15) is 26.3 Å². The summed E-state index contributed by atoms with van der Waals surface area (Å²) in [6, 6.07) is 7.29. The lowest BCUT2D eigenvalue weighted by molar-refractivity contribution is -0.150. The first-order valence-corrected chi connectivity index (χ1v) is 11.7. The number of likely N-dealkylation sites (N-methyl/N-ethyl adjacent to an activating group) is 1. The molecule has 0 saturated carbocycles. The zero-order valence-electron chi connectivity index (χ0n) is 18.5. The van der Waals surface area contributed by atoms with Gasteiger partial charge in [0.1, 0.15) is 11.3 Å². The average Bonchev–Trinajstić information content (AvgIpc) is 2.68. The fraction of sp³-hybridized carbons (Fsp3) is 0.550. The molecule has 11 heteroatoms. The number of piperazine rings is 1. The highest BCUT2D eigenvalue weighted by molar-refractivity contribution is 7.88. The maximum atomic E-state index is 12.7. The Morgan fingerprint density at radius 2 is 1.81 bits per heavy atom. The maximum absolute atomic E-state index is 12.7. The highest BCUT2D eigenvalue weighted by Crippen LogP contribution is 2.22. The van der Waals surface area contributed by atoms with Crippen LogP contribution < -0.4 is 15.4 Å². The van der Waals surface area contributed by atoms with Gasteiger partial charge in [0.05, 0.1) is 25.4 Å². The molecular formula is C20H30N4O6S. The molecule has 1 aliphatic heterocycles. The average molecular weight is 455 g/mol. The number of ether oxygens (including phenoxy) is 1. The third-order valence-corrected chi connectivity index (χ3v) is 6.26. The number of hydrogen-bond acceptors (Lipinski definition) is 6. The summed E-state index contributed by atoms with van der Waals surface area (Å²) in [5, 5.41) is 5.20. The van der Waals surface area contributed by atoms with Gasteiger partial charge in [-0.05, 0) is 38.5 Å². The standard InChI is InChI=1S/C20H30N4O6S/c1-14(2)30-16-8-6-15(7-9-16)10-21-17(25)11-22-19(27)20(3)13-24(31(5,28)29)12-18(26)23(20)4/h6-9,14H,10-13H2,1-5H3,(H,21,25)(H,22,27)/t20-/m0/s1. The van der Waals surface area contributed by atoms with Crippen molar-refractivity contribution in [3.8, 4) is 5.75 Å². The smallest absolute Gasteiger partial charge is 0.247 e. The number of benzene rings is 1. The predicted octanol–water partition coefficient (Wildman–Crippen LogP) is -0.301. The van der Waals surface area contributed by atoms with Gasteiger partial charge in [-0.3, -0.25) is 14.4 Å². The molecule has 3 amide bonds. The zero-order valence-corrected chi connectivity index (χ0v) is 19.3.